The molecule has 74 valence electrons. The lowest BCUT2D eigenvalue weighted by atomic mass is 10.2. The molecule has 5 nitrogen and oxygen atoms in total. The van der Waals surface area contributed by atoms with Gasteiger partial charge in [-0.1, -0.05) is 0 Å². The first kappa shape index (κ1) is 10.1. The molecule has 4 N–H and O–H groups in total. The maximum Gasteiger partial charge on any atom is 0.224 e. The summed E-state index contributed by atoms with van der Waals surface area (Å²) >= 11 is 0. The molecule has 1 amide bonds. The quantitative estimate of drug-likeness (QED) is 0.557. The van der Waals surface area contributed by atoms with Crippen molar-refractivity contribution in [3.05, 3.63) is 0 Å². The van der Waals surface area contributed by atoms with Crippen molar-refractivity contribution < 1.29 is 9.59 Å². The fourth-order valence-electron chi connectivity index (χ4n) is 1.57. The molecule has 0 aromatic carbocycles. The van der Waals surface area contributed by atoms with Crippen LogP contribution in [-0.4, -0.2) is 41.8 Å². The van der Waals surface area contributed by atoms with Gasteiger partial charge in [0.25, 0.3) is 0 Å². The largest absolute Gasteiger partial charge is 0.330 e. The Balaban J connectivity index is 2.69. The van der Waals surface area contributed by atoms with Gasteiger partial charge in [-0.25, -0.2) is 0 Å². The number of carbonyl (C=O) groups is 2. The van der Waals surface area contributed by atoms with Crippen LogP contribution in [0, 0.1) is 0 Å². The minimum atomic E-state index is -0.485. The summed E-state index contributed by atoms with van der Waals surface area (Å²) in [5.74, 6) is -0.150. The Morgan fingerprint density at radius 3 is 2.69 bits per heavy atom. The van der Waals surface area contributed by atoms with E-state index in [1.165, 1.54) is 11.8 Å². The standard InChI is InChI=1S/C8H15N3O2/c1-5(12)7(3-9)11-4-6(10)2-8(11)13/h6-7H,2-4,9-10H2,1H3. The molecule has 2 atom stereocenters. The number of rotatable bonds is 3. The number of ketones is 1. The molecule has 0 aromatic heterocycles. The molecule has 1 heterocycles. The van der Waals surface area contributed by atoms with Gasteiger partial charge >= 0.3 is 0 Å². The summed E-state index contributed by atoms with van der Waals surface area (Å²) in [5.41, 5.74) is 11.0. The first-order valence-corrected chi connectivity index (χ1v) is 4.31. The number of nitrogens with two attached hydrogens (primary N) is 2. The lowest BCUT2D eigenvalue weighted by Crippen LogP contribution is -2.46. The number of amides is 1. The average Bonchev–Trinajstić information content (AvgIpc) is 2.31. The first-order valence-electron chi connectivity index (χ1n) is 4.31. The summed E-state index contributed by atoms with van der Waals surface area (Å²) in [4.78, 5) is 23.9. The van der Waals surface area contributed by atoms with E-state index in [1.807, 2.05) is 0 Å². The molecule has 0 radical (unpaired) electrons. The Morgan fingerprint density at radius 2 is 2.38 bits per heavy atom. The third-order valence-corrected chi connectivity index (χ3v) is 2.26. The summed E-state index contributed by atoms with van der Waals surface area (Å²) in [6, 6.07) is -0.637. The number of Topliss-reactive ketones (excluding diaryl/α,β-unsaturated/α-hetero) is 1. The van der Waals surface area contributed by atoms with Crippen molar-refractivity contribution >= 4 is 11.7 Å². The lowest BCUT2D eigenvalue weighted by molar-refractivity contribution is -0.135. The summed E-state index contributed by atoms with van der Waals surface area (Å²) in [6.45, 7) is 2.06. The first-order chi connectivity index (χ1) is 6.06. The van der Waals surface area contributed by atoms with E-state index < -0.39 is 6.04 Å². The zero-order valence-corrected chi connectivity index (χ0v) is 7.69. The lowest BCUT2D eigenvalue weighted by Gasteiger charge is -2.24. The van der Waals surface area contributed by atoms with Crippen LogP contribution in [0.5, 0.6) is 0 Å². The van der Waals surface area contributed by atoms with E-state index in [-0.39, 0.29) is 24.3 Å². The van der Waals surface area contributed by atoms with Crippen molar-refractivity contribution in [1.82, 2.24) is 4.90 Å². The molecule has 2 unspecified atom stereocenters. The number of hydrogen-bond donors (Lipinski definition) is 2. The number of carbonyl (C=O) groups excluding carboxylic acids is 2. The summed E-state index contributed by atoms with van der Waals surface area (Å²) < 4.78 is 0. The number of hydrogen-bond acceptors (Lipinski definition) is 4. The van der Waals surface area contributed by atoms with E-state index in [2.05, 4.69) is 0 Å². The topological polar surface area (TPSA) is 89.4 Å². The maximum atomic E-state index is 11.3. The zero-order chi connectivity index (χ0) is 10.0. The predicted octanol–water partition coefficient (Wildman–Crippen LogP) is -1.54. The molecular formula is C8H15N3O2. The van der Waals surface area contributed by atoms with Crippen molar-refractivity contribution in [1.29, 1.82) is 0 Å². The smallest absolute Gasteiger partial charge is 0.224 e. The van der Waals surface area contributed by atoms with Crippen LogP contribution in [0.15, 0.2) is 0 Å². The van der Waals surface area contributed by atoms with Crippen molar-refractivity contribution in [3.63, 3.8) is 0 Å². The molecule has 1 rings (SSSR count). The molecular weight excluding hydrogens is 170 g/mol. The van der Waals surface area contributed by atoms with Crippen LogP contribution in [0.25, 0.3) is 0 Å². The minimum Gasteiger partial charge on any atom is -0.330 e. The van der Waals surface area contributed by atoms with Gasteiger partial charge in [-0.3, -0.25) is 9.59 Å². The Labute approximate surface area is 77.1 Å². The second-order valence-corrected chi connectivity index (χ2v) is 3.37. The van der Waals surface area contributed by atoms with Crippen LogP contribution in [0.1, 0.15) is 13.3 Å². The van der Waals surface area contributed by atoms with E-state index in [1.54, 1.807) is 0 Å². The summed E-state index contributed by atoms with van der Waals surface area (Å²) in [6.07, 6.45) is 0.323. The van der Waals surface area contributed by atoms with Gasteiger partial charge in [0.1, 0.15) is 6.04 Å². The van der Waals surface area contributed by atoms with Gasteiger partial charge in [0.15, 0.2) is 5.78 Å². The molecule has 1 aliphatic rings. The molecule has 0 saturated carbocycles. The zero-order valence-electron chi connectivity index (χ0n) is 7.69. The SMILES string of the molecule is CC(=O)C(CN)N1CC(N)CC1=O. The predicted molar refractivity (Wildman–Crippen MR) is 47.8 cm³/mol. The van der Waals surface area contributed by atoms with Crippen molar-refractivity contribution in [2.45, 2.75) is 25.4 Å². The van der Waals surface area contributed by atoms with Gasteiger partial charge in [-0.15, -0.1) is 0 Å². The Bertz CT molecular complexity index is 229. The fraction of sp³-hybridized carbons (Fsp3) is 0.750. The van der Waals surface area contributed by atoms with Gasteiger partial charge in [0.2, 0.25) is 5.91 Å². The van der Waals surface area contributed by atoms with E-state index in [9.17, 15) is 9.59 Å². The second kappa shape index (κ2) is 3.85. The van der Waals surface area contributed by atoms with Crippen LogP contribution in [0.2, 0.25) is 0 Å². The molecule has 0 spiro atoms. The summed E-state index contributed by atoms with van der Waals surface area (Å²) in [7, 11) is 0. The molecule has 1 saturated heterocycles. The van der Waals surface area contributed by atoms with Crippen molar-refractivity contribution in [2.75, 3.05) is 13.1 Å². The van der Waals surface area contributed by atoms with Gasteiger partial charge in [0, 0.05) is 25.6 Å². The highest BCUT2D eigenvalue weighted by Crippen LogP contribution is 2.12. The van der Waals surface area contributed by atoms with E-state index in [4.69, 9.17) is 11.5 Å². The average molecular weight is 185 g/mol. The maximum absolute atomic E-state index is 11.3. The van der Waals surface area contributed by atoms with E-state index in [0.29, 0.717) is 13.0 Å². The molecule has 1 fully saturated rings. The van der Waals surface area contributed by atoms with Gasteiger partial charge < -0.3 is 16.4 Å². The molecule has 5 heteroatoms. The van der Waals surface area contributed by atoms with Crippen LogP contribution in [0.4, 0.5) is 0 Å². The fourth-order valence-corrected chi connectivity index (χ4v) is 1.57. The monoisotopic (exact) mass is 185 g/mol. The van der Waals surface area contributed by atoms with Crippen molar-refractivity contribution in [2.24, 2.45) is 11.5 Å². The second-order valence-electron chi connectivity index (χ2n) is 3.37. The molecule has 13 heavy (non-hydrogen) atoms. The van der Waals surface area contributed by atoms with Crippen LogP contribution in [0.3, 0.4) is 0 Å². The van der Waals surface area contributed by atoms with Crippen LogP contribution >= 0.6 is 0 Å². The number of nitrogens with zero attached hydrogens (tertiary/aromatic N) is 1. The number of likely N-dealkylation sites (tertiary alicyclic amines) is 1. The minimum absolute atomic E-state index is 0.0712. The molecule has 0 bridgehead atoms. The molecule has 0 aliphatic carbocycles. The van der Waals surface area contributed by atoms with Crippen molar-refractivity contribution in [3.8, 4) is 0 Å². The third-order valence-electron chi connectivity index (χ3n) is 2.26. The molecule has 0 aromatic rings. The highest BCUT2D eigenvalue weighted by molar-refractivity contribution is 5.89. The van der Waals surface area contributed by atoms with Crippen LogP contribution < -0.4 is 11.5 Å². The highest BCUT2D eigenvalue weighted by Gasteiger charge is 2.33. The van der Waals surface area contributed by atoms with E-state index in [0.717, 1.165) is 0 Å². The third kappa shape index (κ3) is 2.05. The Hall–Kier alpha value is -0.940. The summed E-state index contributed by atoms with van der Waals surface area (Å²) in [5, 5.41) is 0. The van der Waals surface area contributed by atoms with Gasteiger partial charge in [-0.05, 0) is 6.92 Å². The normalized spacial score (nSPS) is 25.0. The highest BCUT2D eigenvalue weighted by atomic mass is 16.2. The van der Waals surface area contributed by atoms with E-state index >= 15 is 0 Å². The Morgan fingerprint density at radius 1 is 1.77 bits per heavy atom. The van der Waals surface area contributed by atoms with Gasteiger partial charge in [-0.2, -0.15) is 0 Å². The van der Waals surface area contributed by atoms with Gasteiger partial charge in [0.05, 0.1) is 0 Å². The Kier molecular flexibility index (Phi) is 3.00. The van der Waals surface area contributed by atoms with Crippen LogP contribution in [-0.2, 0) is 9.59 Å². The molecule has 1 aliphatic heterocycles.